The highest BCUT2D eigenvalue weighted by Crippen LogP contribution is 2.32. The van der Waals surface area contributed by atoms with E-state index >= 15 is 0 Å². The number of nitrogens with one attached hydrogen (secondary N) is 4. The van der Waals surface area contributed by atoms with E-state index in [2.05, 4.69) is 25.8 Å². The molecule has 0 atom stereocenters. The molecule has 1 heterocycles. The van der Waals surface area contributed by atoms with Crippen molar-refractivity contribution in [1.82, 2.24) is 20.5 Å². The third-order valence-corrected chi connectivity index (χ3v) is 3.16. The number of benzene rings is 1. The van der Waals surface area contributed by atoms with Crippen LogP contribution in [0.4, 0.5) is 10.5 Å². The van der Waals surface area contributed by atoms with Gasteiger partial charge in [-0.25, -0.2) is 14.7 Å². The number of rotatable bonds is 7. The van der Waals surface area contributed by atoms with Gasteiger partial charge < -0.3 is 15.4 Å². The number of H-pyrrole nitrogens is 2. The van der Waals surface area contributed by atoms with Crippen LogP contribution in [0, 0.1) is 0 Å². The molecule has 0 saturated heterocycles. The van der Waals surface area contributed by atoms with Crippen LogP contribution in [-0.4, -0.2) is 34.4 Å². The molecule has 2 aromatic rings. The van der Waals surface area contributed by atoms with Crippen molar-refractivity contribution in [3.8, 4) is 5.75 Å². The SMILES string of the molecule is CCCOc1c(Cl)cccc1NC(=O)NCCc1n[nH]c(=O)[nH]1. The average molecular weight is 340 g/mol. The number of carbonyl (C=O) groups excluding carboxylic acids is 1. The summed E-state index contributed by atoms with van der Waals surface area (Å²) < 4.78 is 5.57. The van der Waals surface area contributed by atoms with Gasteiger partial charge in [0.25, 0.3) is 0 Å². The highest BCUT2D eigenvalue weighted by Gasteiger charge is 2.11. The third kappa shape index (κ3) is 5.03. The minimum absolute atomic E-state index is 0.318. The van der Waals surface area contributed by atoms with E-state index in [-0.39, 0.29) is 5.69 Å². The molecule has 0 unspecified atom stereocenters. The second kappa shape index (κ2) is 8.23. The van der Waals surface area contributed by atoms with Gasteiger partial charge in [-0.05, 0) is 18.6 Å². The molecule has 0 radical (unpaired) electrons. The molecule has 9 heteroatoms. The standard InChI is InChI=1S/C14H18ClN5O3/c1-2-8-23-12-9(15)4-3-5-10(12)17-13(21)16-7-6-11-18-14(22)20-19-11/h3-5H,2,6-8H2,1H3,(H2,16,17,21)(H2,18,19,20,22). The number of aromatic nitrogens is 3. The van der Waals surface area contributed by atoms with E-state index in [1.165, 1.54) is 0 Å². The van der Waals surface area contributed by atoms with E-state index in [0.29, 0.717) is 41.9 Å². The summed E-state index contributed by atoms with van der Waals surface area (Å²) in [4.78, 5) is 25.3. The first-order valence-corrected chi connectivity index (χ1v) is 7.57. The van der Waals surface area contributed by atoms with Crippen LogP contribution in [-0.2, 0) is 6.42 Å². The van der Waals surface area contributed by atoms with Gasteiger partial charge in [-0.15, -0.1) is 0 Å². The van der Waals surface area contributed by atoms with Gasteiger partial charge in [0.15, 0.2) is 5.75 Å². The van der Waals surface area contributed by atoms with Crippen molar-refractivity contribution in [3.05, 3.63) is 39.5 Å². The lowest BCUT2D eigenvalue weighted by molar-refractivity contribution is 0.252. The second-order valence-corrected chi connectivity index (χ2v) is 5.13. The molecule has 0 saturated carbocycles. The van der Waals surface area contributed by atoms with E-state index in [9.17, 15) is 9.59 Å². The second-order valence-electron chi connectivity index (χ2n) is 4.72. The Balaban J connectivity index is 1.89. The molecule has 1 aromatic heterocycles. The first kappa shape index (κ1) is 16.9. The molecule has 0 aliphatic heterocycles. The summed E-state index contributed by atoms with van der Waals surface area (Å²) in [6.07, 6.45) is 1.24. The smallest absolute Gasteiger partial charge is 0.340 e. The Bertz CT molecular complexity index is 712. The van der Waals surface area contributed by atoms with Crippen LogP contribution >= 0.6 is 11.6 Å². The summed E-state index contributed by atoms with van der Waals surface area (Å²) in [6.45, 7) is 2.81. The van der Waals surface area contributed by atoms with Gasteiger partial charge in [0.05, 0.1) is 17.3 Å². The average Bonchev–Trinajstić information content (AvgIpc) is 2.92. The number of nitrogens with zero attached hydrogens (tertiary/aromatic N) is 1. The molecule has 1 aromatic carbocycles. The van der Waals surface area contributed by atoms with Crippen LogP contribution < -0.4 is 21.1 Å². The molecule has 0 aliphatic rings. The predicted molar refractivity (Wildman–Crippen MR) is 87.2 cm³/mol. The normalized spacial score (nSPS) is 10.3. The number of urea groups is 1. The van der Waals surface area contributed by atoms with E-state index < -0.39 is 6.03 Å². The van der Waals surface area contributed by atoms with Crippen molar-refractivity contribution in [1.29, 1.82) is 0 Å². The fourth-order valence-corrected chi connectivity index (χ4v) is 2.07. The fraction of sp³-hybridized carbons (Fsp3) is 0.357. The molecule has 8 nitrogen and oxygen atoms in total. The topological polar surface area (TPSA) is 112 Å². The lowest BCUT2D eigenvalue weighted by Gasteiger charge is -2.13. The summed E-state index contributed by atoms with van der Waals surface area (Å²) in [5.41, 5.74) is 0.123. The Morgan fingerprint density at radius 3 is 2.96 bits per heavy atom. The number of aromatic amines is 2. The van der Waals surface area contributed by atoms with E-state index in [0.717, 1.165) is 6.42 Å². The first-order chi connectivity index (χ1) is 11.1. The number of hydrogen-bond donors (Lipinski definition) is 4. The van der Waals surface area contributed by atoms with Gasteiger partial charge in [0.2, 0.25) is 0 Å². The molecular weight excluding hydrogens is 322 g/mol. The maximum atomic E-state index is 11.9. The van der Waals surface area contributed by atoms with Crippen molar-refractivity contribution >= 4 is 23.3 Å². The number of para-hydroxylation sites is 1. The Morgan fingerprint density at radius 1 is 1.43 bits per heavy atom. The summed E-state index contributed by atoms with van der Waals surface area (Å²) in [5, 5.41) is 11.8. The molecular formula is C14H18ClN5O3. The van der Waals surface area contributed by atoms with Crippen LogP contribution in [0.2, 0.25) is 5.02 Å². The van der Waals surface area contributed by atoms with Gasteiger partial charge in [-0.1, -0.05) is 24.6 Å². The summed E-state index contributed by atoms with van der Waals surface area (Å²) in [7, 11) is 0. The van der Waals surface area contributed by atoms with Crippen LogP contribution in [0.25, 0.3) is 0 Å². The van der Waals surface area contributed by atoms with Crippen molar-refractivity contribution < 1.29 is 9.53 Å². The number of halogens is 1. The van der Waals surface area contributed by atoms with Crippen LogP contribution in [0.5, 0.6) is 5.75 Å². The summed E-state index contributed by atoms with van der Waals surface area (Å²) >= 11 is 6.09. The molecule has 0 fully saturated rings. The Morgan fingerprint density at radius 2 is 2.26 bits per heavy atom. The van der Waals surface area contributed by atoms with Gasteiger partial charge in [-0.2, -0.15) is 5.10 Å². The number of ether oxygens (including phenoxy) is 1. The van der Waals surface area contributed by atoms with E-state index in [4.69, 9.17) is 16.3 Å². The highest BCUT2D eigenvalue weighted by molar-refractivity contribution is 6.32. The van der Waals surface area contributed by atoms with Crippen molar-refractivity contribution in [2.75, 3.05) is 18.5 Å². The fourth-order valence-electron chi connectivity index (χ4n) is 1.84. The molecule has 0 aliphatic carbocycles. The Labute approximate surface area is 137 Å². The van der Waals surface area contributed by atoms with Gasteiger partial charge in [0.1, 0.15) is 5.82 Å². The van der Waals surface area contributed by atoms with E-state index in [1.807, 2.05) is 6.92 Å². The minimum atomic E-state index is -0.397. The minimum Gasteiger partial charge on any atom is -0.490 e. The number of amides is 2. The quantitative estimate of drug-likeness (QED) is 0.617. The monoisotopic (exact) mass is 339 g/mol. The van der Waals surface area contributed by atoms with E-state index in [1.54, 1.807) is 18.2 Å². The molecule has 23 heavy (non-hydrogen) atoms. The zero-order chi connectivity index (χ0) is 16.7. The van der Waals surface area contributed by atoms with Gasteiger partial charge in [0, 0.05) is 13.0 Å². The lowest BCUT2D eigenvalue weighted by atomic mass is 10.3. The van der Waals surface area contributed by atoms with Crippen LogP contribution in [0.1, 0.15) is 19.2 Å². The van der Waals surface area contributed by atoms with Crippen molar-refractivity contribution in [2.24, 2.45) is 0 Å². The maximum absolute atomic E-state index is 11.9. The third-order valence-electron chi connectivity index (χ3n) is 2.86. The van der Waals surface area contributed by atoms with Crippen molar-refractivity contribution in [2.45, 2.75) is 19.8 Å². The van der Waals surface area contributed by atoms with Crippen LogP contribution in [0.15, 0.2) is 23.0 Å². The molecule has 4 N–H and O–H groups in total. The van der Waals surface area contributed by atoms with Gasteiger partial charge in [-0.3, -0.25) is 4.98 Å². The van der Waals surface area contributed by atoms with Gasteiger partial charge >= 0.3 is 11.7 Å². The zero-order valence-corrected chi connectivity index (χ0v) is 13.4. The molecule has 2 amide bonds. The summed E-state index contributed by atoms with van der Waals surface area (Å²) in [5.74, 6) is 0.924. The predicted octanol–water partition coefficient (Wildman–Crippen LogP) is 1.90. The van der Waals surface area contributed by atoms with Crippen molar-refractivity contribution in [3.63, 3.8) is 0 Å². The maximum Gasteiger partial charge on any atom is 0.340 e. The highest BCUT2D eigenvalue weighted by atomic mass is 35.5. The molecule has 0 bridgehead atoms. The largest absolute Gasteiger partial charge is 0.490 e. The first-order valence-electron chi connectivity index (χ1n) is 7.20. The Hall–Kier alpha value is -2.48. The Kier molecular flexibility index (Phi) is 6.04. The van der Waals surface area contributed by atoms with Crippen LogP contribution in [0.3, 0.4) is 0 Å². The number of anilines is 1. The lowest BCUT2D eigenvalue weighted by Crippen LogP contribution is -2.30. The number of carbonyl (C=O) groups is 1. The number of hydrogen-bond acceptors (Lipinski definition) is 4. The molecule has 2 rings (SSSR count). The molecule has 0 spiro atoms. The molecule has 124 valence electrons. The zero-order valence-electron chi connectivity index (χ0n) is 12.6. The summed E-state index contributed by atoms with van der Waals surface area (Å²) in [6, 6.07) is 4.74.